The van der Waals surface area contributed by atoms with Gasteiger partial charge in [-0.1, -0.05) is 23.8 Å². The molecule has 0 aliphatic carbocycles. The maximum atomic E-state index is 12.8. The Morgan fingerprint density at radius 3 is 2.43 bits per heavy atom. The highest BCUT2D eigenvalue weighted by molar-refractivity contribution is 5.96. The molecular formula is C23H27N3O4. The molecule has 30 heavy (non-hydrogen) atoms. The van der Waals surface area contributed by atoms with Gasteiger partial charge in [-0.25, -0.2) is 0 Å². The lowest BCUT2D eigenvalue weighted by Gasteiger charge is -2.32. The molecule has 2 N–H and O–H groups in total. The van der Waals surface area contributed by atoms with Gasteiger partial charge in [0.1, 0.15) is 5.75 Å². The predicted molar refractivity (Wildman–Crippen MR) is 114 cm³/mol. The van der Waals surface area contributed by atoms with E-state index in [4.69, 9.17) is 4.74 Å². The highest BCUT2D eigenvalue weighted by Gasteiger charge is 2.24. The Morgan fingerprint density at radius 2 is 1.77 bits per heavy atom. The Morgan fingerprint density at radius 1 is 1.07 bits per heavy atom. The lowest BCUT2D eigenvalue weighted by atomic mass is 10.0. The molecule has 158 valence electrons. The number of rotatable bonds is 6. The number of carbonyl (C=O) groups is 3. The van der Waals surface area contributed by atoms with Crippen LogP contribution in [0.5, 0.6) is 5.75 Å². The number of likely N-dealkylation sites (tertiary alicyclic amines) is 1. The maximum Gasteiger partial charge on any atom is 0.258 e. The topological polar surface area (TPSA) is 87.7 Å². The van der Waals surface area contributed by atoms with E-state index in [9.17, 15) is 14.4 Å². The van der Waals surface area contributed by atoms with Crippen molar-refractivity contribution in [2.45, 2.75) is 32.7 Å². The quantitative estimate of drug-likeness (QED) is 0.768. The number of hydrogen-bond acceptors (Lipinski definition) is 4. The number of anilines is 1. The molecule has 0 unspecified atom stereocenters. The fourth-order valence-corrected chi connectivity index (χ4v) is 3.40. The van der Waals surface area contributed by atoms with Gasteiger partial charge in [-0.3, -0.25) is 14.4 Å². The van der Waals surface area contributed by atoms with Crippen LogP contribution in [0.2, 0.25) is 0 Å². The molecule has 2 aromatic carbocycles. The summed E-state index contributed by atoms with van der Waals surface area (Å²) in [6.07, 6.45) is 1.38. The van der Waals surface area contributed by atoms with E-state index in [1.807, 2.05) is 31.2 Å². The molecule has 0 radical (unpaired) electrons. The molecular weight excluding hydrogens is 382 g/mol. The number of carbonyl (C=O) groups excluding carboxylic acids is 3. The molecule has 0 aromatic heterocycles. The van der Waals surface area contributed by atoms with E-state index in [1.54, 1.807) is 29.2 Å². The summed E-state index contributed by atoms with van der Waals surface area (Å²) < 4.78 is 5.51. The van der Waals surface area contributed by atoms with Crippen LogP contribution < -0.4 is 15.4 Å². The number of nitrogens with zero attached hydrogens (tertiary/aromatic N) is 1. The monoisotopic (exact) mass is 409 g/mol. The Bertz CT molecular complexity index is 903. The van der Waals surface area contributed by atoms with Crippen molar-refractivity contribution in [3.05, 3.63) is 59.7 Å². The van der Waals surface area contributed by atoms with Crippen LogP contribution in [-0.4, -0.2) is 48.4 Å². The smallest absolute Gasteiger partial charge is 0.258 e. The van der Waals surface area contributed by atoms with Gasteiger partial charge in [0.05, 0.1) is 0 Å². The van der Waals surface area contributed by atoms with Gasteiger partial charge in [0, 0.05) is 37.3 Å². The third kappa shape index (κ3) is 6.07. The summed E-state index contributed by atoms with van der Waals surface area (Å²) in [5, 5.41) is 5.67. The van der Waals surface area contributed by atoms with Gasteiger partial charge in [0.25, 0.3) is 11.8 Å². The summed E-state index contributed by atoms with van der Waals surface area (Å²) in [5.74, 6) is 0.248. The average molecular weight is 409 g/mol. The molecule has 0 spiro atoms. The fourth-order valence-electron chi connectivity index (χ4n) is 3.40. The Kier molecular flexibility index (Phi) is 7.06. The zero-order valence-corrected chi connectivity index (χ0v) is 17.3. The Labute approximate surface area is 176 Å². The van der Waals surface area contributed by atoms with Crippen molar-refractivity contribution in [1.29, 1.82) is 0 Å². The van der Waals surface area contributed by atoms with Gasteiger partial charge in [-0.15, -0.1) is 0 Å². The molecule has 1 heterocycles. The number of benzene rings is 2. The van der Waals surface area contributed by atoms with Gasteiger partial charge < -0.3 is 20.3 Å². The van der Waals surface area contributed by atoms with E-state index in [-0.39, 0.29) is 30.4 Å². The zero-order valence-electron chi connectivity index (χ0n) is 17.3. The van der Waals surface area contributed by atoms with Crippen LogP contribution in [0.25, 0.3) is 0 Å². The second kappa shape index (κ2) is 9.91. The van der Waals surface area contributed by atoms with Gasteiger partial charge >= 0.3 is 0 Å². The minimum Gasteiger partial charge on any atom is -0.484 e. The second-order valence-corrected chi connectivity index (χ2v) is 7.50. The normalized spacial score (nSPS) is 14.1. The van der Waals surface area contributed by atoms with Crippen molar-refractivity contribution in [3.8, 4) is 5.75 Å². The van der Waals surface area contributed by atoms with E-state index >= 15 is 0 Å². The van der Waals surface area contributed by atoms with Crippen molar-refractivity contribution in [2.24, 2.45) is 0 Å². The highest BCUT2D eigenvalue weighted by atomic mass is 16.5. The third-order valence-electron chi connectivity index (χ3n) is 4.97. The first kappa shape index (κ1) is 21.4. The molecule has 7 heteroatoms. The molecule has 0 bridgehead atoms. The van der Waals surface area contributed by atoms with Crippen LogP contribution in [0.1, 0.15) is 35.7 Å². The molecule has 0 atom stereocenters. The molecule has 3 rings (SSSR count). The van der Waals surface area contributed by atoms with Crippen molar-refractivity contribution < 1.29 is 19.1 Å². The molecule has 1 saturated heterocycles. The highest BCUT2D eigenvalue weighted by Crippen LogP contribution is 2.17. The number of piperidine rings is 1. The number of nitrogens with one attached hydrogen (secondary N) is 2. The van der Waals surface area contributed by atoms with E-state index in [0.29, 0.717) is 42.9 Å². The first-order chi connectivity index (χ1) is 14.4. The number of amides is 3. The van der Waals surface area contributed by atoms with Crippen LogP contribution in [0, 0.1) is 6.92 Å². The Balaban J connectivity index is 1.45. The van der Waals surface area contributed by atoms with Crippen LogP contribution in [-0.2, 0) is 9.59 Å². The number of aryl methyl sites for hydroxylation is 1. The summed E-state index contributed by atoms with van der Waals surface area (Å²) in [7, 11) is 0. The maximum absolute atomic E-state index is 12.8. The summed E-state index contributed by atoms with van der Waals surface area (Å²) in [5.41, 5.74) is 2.27. The number of ether oxygens (including phenoxy) is 1. The molecule has 1 aliphatic rings. The van der Waals surface area contributed by atoms with Crippen LogP contribution in [0.4, 0.5) is 5.69 Å². The SMILES string of the molecule is CC(=O)Nc1cccc(C(=O)N2CCC(NC(=O)COc3ccc(C)cc3)CC2)c1. The van der Waals surface area contributed by atoms with Gasteiger partial charge in [-0.2, -0.15) is 0 Å². The lowest BCUT2D eigenvalue weighted by Crippen LogP contribution is -2.47. The molecule has 3 amide bonds. The fraction of sp³-hybridized carbons (Fsp3) is 0.348. The minimum absolute atomic E-state index is 0.0221. The molecule has 2 aromatic rings. The van der Waals surface area contributed by atoms with Crippen molar-refractivity contribution in [2.75, 3.05) is 25.0 Å². The van der Waals surface area contributed by atoms with Crippen molar-refractivity contribution in [3.63, 3.8) is 0 Å². The van der Waals surface area contributed by atoms with E-state index in [1.165, 1.54) is 6.92 Å². The van der Waals surface area contributed by atoms with Gasteiger partial charge in [0.15, 0.2) is 6.61 Å². The van der Waals surface area contributed by atoms with Crippen molar-refractivity contribution >= 4 is 23.4 Å². The first-order valence-corrected chi connectivity index (χ1v) is 10.1. The largest absolute Gasteiger partial charge is 0.484 e. The molecule has 0 saturated carbocycles. The summed E-state index contributed by atoms with van der Waals surface area (Å²) in [6.45, 7) is 4.52. The lowest BCUT2D eigenvalue weighted by molar-refractivity contribution is -0.124. The van der Waals surface area contributed by atoms with Crippen LogP contribution in [0.3, 0.4) is 0 Å². The van der Waals surface area contributed by atoms with Crippen LogP contribution >= 0.6 is 0 Å². The third-order valence-corrected chi connectivity index (χ3v) is 4.97. The summed E-state index contributed by atoms with van der Waals surface area (Å²) in [4.78, 5) is 37.9. The van der Waals surface area contributed by atoms with E-state index < -0.39 is 0 Å². The van der Waals surface area contributed by atoms with Gasteiger partial charge in [0.2, 0.25) is 5.91 Å². The Hall–Kier alpha value is -3.35. The molecule has 1 fully saturated rings. The van der Waals surface area contributed by atoms with E-state index in [2.05, 4.69) is 10.6 Å². The number of hydrogen-bond donors (Lipinski definition) is 2. The van der Waals surface area contributed by atoms with E-state index in [0.717, 1.165) is 5.56 Å². The summed E-state index contributed by atoms with van der Waals surface area (Å²) >= 11 is 0. The first-order valence-electron chi connectivity index (χ1n) is 10.1. The second-order valence-electron chi connectivity index (χ2n) is 7.50. The minimum atomic E-state index is -0.178. The van der Waals surface area contributed by atoms with Gasteiger partial charge in [-0.05, 0) is 50.1 Å². The molecule has 1 aliphatic heterocycles. The standard InChI is InChI=1S/C23H27N3O4/c1-16-6-8-21(9-7-16)30-15-22(28)25-19-10-12-26(13-11-19)23(29)18-4-3-5-20(14-18)24-17(2)27/h3-9,14,19H,10-13,15H2,1-2H3,(H,24,27)(H,25,28). The predicted octanol–water partition coefficient (Wildman–Crippen LogP) is 2.75. The average Bonchev–Trinajstić information content (AvgIpc) is 2.73. The van der Waals surface area contributed by atoms with Crippen molar-refractivity contribution in [1.82, 2.24) is 10.2 Å². The summed E-state index contributed by atoms with van der Waals surface area (Å²) in [6, 6.07) is 14.5. The zero-order chi connectivity index (χ0) is 21.5. The molecule has 7 nitrogen and oxygen atoms in total. The van der Waals surface area contributed by atoms with Crippen LogP contribution in [0.15, 0.2) is 48.5 Å².